The molecule has 3 atom stereocenters. The number of hydrogen-bond acceptors (Lipinski definition) is 6. The predicted molar refractivity (Wildman–Crippen MR) is 105 cm³/mol. The number of thiazole rings is 1. The number of likely N-dealkylation sites (tertiary alicyclic amines) is 1. The van der Waals surface area contributed by atoms with Gasteiger partial charge in [0.2, 0.25) is 16.7 Å². The summed E-state index contributed by atoms with van der Waals surface area (Å²) in [6, 6.07) is 8.02. The van der Waals surface area contributed by atoms with E-state index in [-0.39, 0.29) is 11.9 Å². The second-order valence-electron chi connectivity index (χ2n) is 7.21. The van der Waals surface area contributed by atoms with E-state index in [0.717, 1.165) is 18.0 Å². The summed E-state index contributed by atoms with van der Waals surface area (Å²) in [5, 5.41) is 17.6. The number of furan rings is 1. The molecule has 2 N–H and O–H groups in total. The molecule has 1 saturated heterocycles. The van der Waals surface area contributed by atoms with E-state index >= 15 is 0 Å². The topological polar surface area (TPSA) is 68.0 Å². The number of nitrogens with zero attached hydrogens (tertiary/aromatic N) is 3. The van der Waals surface area contributed by atoms with Crippen molar-refractivity contribution in [2.24, 2.45) is 5.92 Å². The molecule has 5 rings (SSSR count). The third-order valence-corrected chi connectivity index (χ3v) is 7.27. The standard InChI is InChI=1S/C19H20N4O2S2/c1-12-5-2-8-22(11-12)15(14-7-4-10-26-14)16-18(24)23-19(27-16)20-17(21-23)13-6-3-9-25-13/h3-4,6-7,9-10,12,15,24H,2,5,8,11H2,1H3/p+1/t12-,15-/m0/s1. The largest absolute Gasteiger partial charge is 0.492 e. The molecule has 0 spiro atoms. The van der Waals surface area contributed by atoms with E-state index in [0.29, 0.717) is 22.5 Å². The van der Waals surface area contributed by atoms with Crippen LogP contribution in [0.3, 0.4) is 0 Å². The zero-order valence-electron chi connectivity index (χ0n) is 15.0. The number of fused-ring (bicyclic) bond motifs is 1. The van der Waals surface area contributed by atoms with Crippen molar-refractivity contribution in [3.8, 4) is 17.5 Å². The second kappa shape index (κ2) is 6.78. The highest BCUT2D eigenvalue weighted by atomic mass is 32.1. The van der Waals surface area contributed by atoms with Crippen LogP contribution in [0.5, 0.6) is 5.88 Å². The minimum Gasteiger partial charge on any atom is -0.492 e. The van der Waals surface area contributed by atoms with Gasteiger partial charge in [0.1, 0.15) is 4.88 Å². The van der Waals surface area contributed by atoms with Gasteiger partial charge in [0.15, 0.2) is 11.8 Å². The Kier molecular flexibility index (Phi) is 4.26. The summed E-state index contributed by atoms with van der Waals surface area (Å²) in [5.74, 6) is 2.01. The molecule has 0 amide bonds. The highest BCUT2D eigenvalue weighted by Gasteiger charge is 2.35. The Labute approximate surface area is 164 Å². The van der Waals surface area contributed by atoms with Gasteiger partial charge in [-0.3, -0.25) is 0 Å². The van der Waals surface area contributed by atoms with Gasteiger partial charge in [-0.1, -0.05) is 24.3 Å². The SMILES string of the molecule is C[C@H]1CCC[NH+]([C@@H](c2cccs2)c2sc3nc(-c4ccco4)nn3c2O)C1. The molecular weight excluding hydrogens is 380 g/mol. The second-order valence-corrected chi connectivity index (χ2v) is 9.19. The molecule has 0 bridgehead atoms. The van der Waals surface area contributed by atoms with Crippen molar-refractivity contribution < 1.29 is 14.4 Å². The third kappa shape index (κ3) is 2.97. The van der Waals surface area contributed by atoms with Crippen LogP contribution in [0.2, 0.25) is 0 Å². The number of quaternary nitrogens is 1. The van der Waals surface area contributed by atoms with Crippen molar-refractivity contribution in [1.82, 2.24) is 14.6 Å². The first kappa shape index (κ1) is 17.0. The summed E-state index contributed by atoms with van der Waals surface area (Å²) in [6.07, 6.45) is 4.11. The lowest BCUT2D eigenvalue weighted by Crippen LogP contribution is -3.13. The summed E-state index contributed by atoms with van der Waals surface area (Å²) in [7, 11) is 0. The summed E-state index contributed by atoms with van der Waals surface area (Å²) in [6.45, 7) is 4.56. The normalized spacial score (nSPS) is 21.7. The molecule has 0 aliphatic carbocycles. The van der Waals surface area contributed by atoms with Gasteiger partial charge < -0.3 is 14.4 Å². The van der Waals surface area contributed by atoms with Crippen LogP contribution in [0.15, 0.2) is 40.3 Å². The predicted octanol–water partition coefficient (Wildman–Crippen LogP) is 3.22. The van der Waals surface area contributed by atoms with E-state index in [1.807, 2.05) is 12.1 Å². The molecule has 1 unspecified atom stereocenters. The molecule has 140 valence electrons. The van der Waals surface area contributed by atoms with E-state index < -0.39 is 0 Å². The van der Waals surface area contributed by atoms with E-state index in [2.05, 4.69) is 34.5 Å². The number of aromatic hydroxyl groups is 1. The lowest BCUT2D eigenvalue weighted by molar-refractivity contribution is -0.933. The smallest absolute Gasteiger partial charge is 0.235 e. The molecule has 1 fully saturated rings. The van der Waals surface area contributed by atoms with E-state index in [9.17, 15) is 5.11 Å². The number of hydrogen-bond donors (Lipinski definition) is 2. The monoisotopic (exact) mass is 401 g/mol. The van der Waals surface area contributed by atoms with Gasteiger partial charge in [-0.05, 0) is 36.4 Å². The molecule has 6 nitrogen and oxygen atoms in total. The van der Waals surface area contributed by atoms with Gasteiger partial charge >= 0.3 is 0 Å². The highest BCUT2D eigenvalue weighted by molar-refractivity contribution is 7.17. The quantitative estimate of drug-likeness (QED) is 0.551. The van der Waals surface area contributed by atoms with Crippen LogP contribution in [0.1, 0.15) is 35.6 Å². The van der Waals surface area contributed by atoms with E-state index in [4.69, 9.17) is 4.42 Å². The lowest BCUT2D eigenvalue weighted by Gasteiger charge is -2.33. The van der Waals surface area contributed by atoms with E-state index in [1.165, 1.54) is 34.0 Å². The fourth-order valence-electron chi connectivity index (χ4n) is 4.01. The summed E-state index contributed by atoms with van der Waals surface area (Å²) in [5.41, 5.74) is 0. The molecular formula is C19H21N4O2S2+. The zero-order chi connectivity index (χ0) is 18.4. The number of aromatic nitrogens is 3. The van der Waals surface area contributed by atoms with Crippen LogP contribution in [-0.2, 0) is 0 Å². The number of nitrogens with one attached hydrogen (secondary N) is 1. The van der Waals surface area contributed by atoms with Crippen LogP contribution in [0, 0.1) is 5.92 Å². The lowest BCUT2D eigenvalue weighted by atomic mass is 9.98. The Balaban J connectivity index is 1.58. The Bertz CT molecular complexity index is 1040. The fraction of sp³-hybridized carbons (Fsp3) is 0.368. The number of rotatable bonds is 4. The van der Waals surface area contributed by atoms with Crippen molar-refractivity contribution in [3.63, 3.8) is 0 Å². The molecule has 0 radical (unpaired) electrons. The van der Waals surface area contributed by atoms with Gasteiger partial charge in [0.05, 0.1) is 24.2 Å². The molecule has 1 aliphatic rings. The molecule has 8 heteroatoms. The van der Waals surface area contributed by atoms with Gasteiger partial charge in [-0.25, -0.2) is 0 Å². The highest BCUT2D eigenvalue weighted by Crippen LogP contribution is 2.37. The van der Waals surface area contributed by atoms with Crippen LogP contribution in [0.25, 0.3) is 16.5 Å². The van der Waals surface area contributed by atoms with Crippen LogP contribution in [-0.4, -0.2) is 32.8 Å². The van der Waals surface area contributed by atoms with Gasteiger partial charge in [-0.15, -0.1) is 16.4 Å². The molecule has 5 heterocycles. The summed E-state index contributed by atoms with van der Waals surface area (Å²) < 4.78 is 6.93. The number of thiophene rings is 1. The van der Waals surface area contributed by atoms with E-state index in [1.54, 1.807) is 22.1 Å². The van der Waals surface area contributed by atoms with Crippen LogP contribution < -0.4 is 4.90 Å². The first-order chi connectivity index (χ1) is 13.2. The van der Waals surface area contributed by atoms with Gasteiger partial charge in [-0.2, -0.15) is 9.50 Å². The molecule has 0 saturated carbocycles. The third-order valence-electron chi connectivity index (χ3n) is 5.24. The van der Waals surface area contributed by atoms with Gasteiger partial charge in [0.25, 0.3) is 0 Å². The fourth-order valence-corrected chi connectivity index (χ4v) is 6.11. The minimum absolute atomic E-state index is 0.133. The molecule has 4 aromatic heterocycles. The Morgan fingerprint density at radius 3 is 3.00 bits per heavy atom. The number of piperidine rings is 1. The molecule has 27 heavy (non-hydrogen) atoms. The molecule has 1 aliphatic heterocycles. The maximum Gasteiger partial charge on any atom is 0.235 e. The average molecular weight is 402 g/mol. The van der Waals surface area contributed by atoms with Crippen molar-refractivity contribution in [2.75, 3.05) is 13.1 Å². The molecule has 4 aromatic rings. The maximum atomic E-state index is 11.0. The first-order valence-electron chi connectivity index (χ1n) is 9.21. The summed E-state index contributed by atoms with van der Waals surface area (Å²) >= 11 is 3.28. The van der Waals surface area contributed by atoms with Crippen LogP contribution >= 0.6 is 22.7 Å². The average Bonchev–Trinajstić information content (AvgIpc) is 3.42. The molecule has 0 aromatic carbocycles. The van der Waals surface area contributed by atoms with Gasteiger partial charge in [0, 0.05) is 5.92 Å². The minimum atomic E-state index is 0.133. The van der Waals surface area contributed by atoms with Crippen molar-refractivity contribution in [3.05, 3.63) is 45.7 Å². The Hall–Kier alpha value is -2.16. The van der Waals surface area contributed by atoms with Crippen molar-refractivity contribution in [1.29, 1.82) is 0 Å². The van der Waals surface area contributed by atoms with Crippen LogP contribution in [0.4, 0.5) is 0 Å². The zero-order valence-corrected chi connectivity index (χ0v) is 16.6. The first-order valence-corrected chi connectivity index (χ1v) is 10.9. The van der Waals surface area contributed by atoms with Crippen molar-refractivity contribution >= 4 is 27.6 Å². The maximum absolute atomic E-state index is 11.0. The Morgan fingerprint density at radius 2 is 2.30 bits per heavy atom. The Morgan fingerprint density at radius 1 is 1.37 bits per heavy atom. The summed E-state index contributed by atoms with van der Waals surface area (Å²) in [4.78, 5) is 9.01. The van der Waals surface area contributed by atoms with Crippen molar-refractivity contribution in [2.45, 2.75) is 25.8 Å².